The number of piperidine rings is 1. The Morgan fingerprint density at radius 1 is 1.33 bits per heavy atom. The first-order valence-electron chi connectivity index (χ1n) is 9.26. The lowest BCUT2D eigenvalue weighted by atomic mass is 10.0. The van der Waals surface area contributed by atoms with Crippen LogP contribution in [-0.4, -0.2) is 43.0 Å². The number of hydrogen-bond donors (Lipinski definition) is 2. The number of carbonyl (C=O) groups excluding carboxylic acids is 1. The number of rotatable bonds is 6. The summed E-state index contributed by atoms with van der Waals surface area (Å²) in [5.74, 6) is 0.503. The minimum Gasteiger partial charge on any atom is -0.352 e. The lowest BCUT2D eigenvalue weighted by Gasteiger charge is -2.33. The molecular formula is C19H29Cl3FN3O. The Hall–Kier alpha value is -0.590. The molecule has 2 fully saturated rings. The molecule has 0 spiro atoms. The smallest absolute Gasteiger partial charge is 0.220 e. The predicted molar refractivity (Wildman–Crippen MR) is 113 cm³/mol. The van der Waals surface area contributed by atoms with Crippen LogP contribution in [0.25, 0.3) is 0 Å². The third-order valence-electron chi connectivity index (χ3n) is 5.22. The molecule has 1 aromatic carbocycles. The SMILES string of the molecule is Cl.Cl.O=C(CCC1CCNC1)NC1CCCN(Cc2ccc(F)cc2Cl)C1. The fourth-order valence-corrected chi connectivity index (χ4v) is 4.03. The Labute approximate surface area is 178 Å². The van der Waals surface area contributed by atoms with Crippen LogP contribution < -0.4 is 10.6 Å². The van der Waals surface area contributed by atoms with Crippen molar-refractivity contribution in [1.29, 1.82) is 0 Å². The van der Waals surface area contributed by atoms with Crippen molar-refractivity contribution < 1.29 is 9.18 Å². The van der Waals surface area contributed by atoms with Crippen molar-refractivity contribution in [3.8, 4) is 0 Å². The van der Waals surface area contributed by atoms with Crippen molar-refractivity contribution in [2.24, 2.45) is 5.92 Å². The molecule has 3 rings (SSSR count). The molecular weight excluding hydrogens is 412 g/mol. The van der Waals surface area contributed by atoms with E-state index in [0.29, 0.717) is 23.9 Å². The molecule has 1 amide bonds. The third kappa shape index (κ3) is 7.74. The molecule has 2 heterocycles. The van der Waals surface area contributed by atoms with Gasteiger partial charge in [-0.15, -0.1) is 24.8 Å². The van der Waals surface area contributed by atoms with Crippen LogP contribution in [0, 0.1) is 11.7 Å². The maximum absolute atomic E-state index is 13.2. The highest BCUT2D eigenvalue weighted by molar-refractivity contribution is 6.31. The molecule has 0 radical (unpaired) electrons. The minimum absolute atomic E-state index is 0. The normalized spacial score (nSPS) is 22.6. The van der Waals surface area contributed by atoms with E-state index in [9.17, 15) is 9.18 Å². The second kappa shape index (κ2) is 12.1. The van der Waals surface area contributed by atoms with Gasteiger partial charge in [0.2, 0.25) is 5.91 Å². The van der Waals surface area contributed by atoms with Crippen molar-refractivity contribution in [1.82, 2.24) is 15.5 Å². The minimum atomic E-state index is -0.310. The monoisotopic (exact) mass is 439 g/mol. The lowest BCUT2D eigenvalue weighted by molar-refractivity contribution is -0.122. The van der Waals surface area contributed by atoms with Gasteiger partial charge in [0.05, 0.1) is 0 Å². The fourth-order valence-electron chi connectivity index (χ4n) is 3.80. The van der Waals surface area contributed by atoms with Crippen molar-refractivity contribution in [2.75, 3.05) is 26.2 Å². The van der Waals surface area contributed by atoms with Crippen LogP contribution in [0.1, 0.15) is 37.7 Å². The number of nitrogens with one attached hydrogen (secondary N) is 2. The summed E-state index contributed by atoms with van der Waals surface area (Å²) < 4.78 is 13.2. The summed E-state index contributed by atoms with van der Waals surface area (Å²) in [7, 11) is 0. The highest BCUT2D eigenvalue weighted by atomic mass is 35.5. The van der Waals surface area contributed by atoms with E-state index in [4.69, 9.17) is 11.6 Å². The fraction of sp³-hybridized carbons (Fsp3) is 0.632. The molecule has 2 saturated heterocycles. The van der Waals surface area contributed by atoms with Crippen molar-refractivity contribution in [2.45, 2.75) is 44.7 Å². The van der Waals surface area contributed by atoms with Gasteiger partial charge in [0.15, 0.2) is 0 Å². The molecule has 0 aliphatic carbocycles. The highest BCUT2D eigenvalue weighted by Crippen LogP contribution is 2.21. The van der Waals surface area contributed by atoms with Crippen molar-refractivity contribution in [3.63, 3.8) is 0 Å². The summed E-state index contributed by atoms with van der Waals surface area (Å²) in [6, 6.07) is 4.75. The van der Waals surface area contributed by atoms with E-state index in [1.807, 2.05) is 0 Å². The van der Waals surface area contributed by atoms with Gasteiger partial charge in [-0.1, -0.05) is 17.7 Å². The topological polar surface area (TPSA) is 44.4 Å². The largest absolute Gasteiger partial charge is 0.352 e. The quantitative estimate of drug-likeness (QED) is 0.707. The predicted octanol–water partition coefficient (Wildman–Crippen LogP) is 3.79. The van der Waals surface area contributed by atoms with E-state index >= 15 is 0 Å². The van der Waals surface area contributed by atoms with Gasteiger partial charge in [-0.2, -0.15) is 0 Å². The van der Waals surface area contributed by atoms with Crippen LogP contribution in [0.2, 0.25) is 5.02 Å². The van der Waals surface area contributed by atoms with Gasteiger partial charge in [-0.25, -0.2) is 4.39 Å². The third-order valence-corrected chi connectivity index (χ3v) is 5.57. The molecule has 8 heteroatoms. The van der Waals surface area contributed by atoms with Gasteiger partial charge < -0.3 is 10.6 Å². The summed E-state index contributed by atoms with van der Waals surface area (Å²) in [6.07, 6.45) is 4.84. The second-order valence-corrected chi connectivity index (χ2v) is 7.68. The van der Waals surface area contributed by atoms with Crippen molar-refractivity contribution in [3.05, 3.63) is 34.6 Å². The standard InChI is InChI=1S/C19H27ClFN3O.2ClH/c20-18-10-16(21)5-4-15(18)12-24-9-1-2-17(13-24)23-19(25)6-3-14-7-8-22-11-14;;/h4-5,10,14,17,22H,1-3,6-9,11-13H2,(H,23,25);2*1H. The lowest BCUT2D eigenvalue weighted by Crippen LogP contribution is -2.47. The Morgan fingerprint density at radius 2 is 2.15 bits per heavy atom. The molecule has 0 bridgehead atoms. The average molecular weight is 441 g/mol. The van der Waals surface area contributed by atoms with Gasteiger partial charge in [-0.05, 0) is 68.9 Å². The summed E-state index contributed by atoms with van der Waals surface area (Å²) in [5.41, 5.74) is 0.934. The van der Waals surface area contributed by atoms with E-state index in [1.54, 1.807) is 6.07 Å². The number of carbonyl (C=O) groups is 1. The Morgan fingerprint density at radius 3 is 2.85 bits per heavy atom. The van der Waals surface area contributed by atoms with E-state index < -0.39 is 0 Å². The van der Waals surface area contributed by atoms with E-state index in [2.05, 4.69) is 15.5 Å². The summed E-state index contributed by atoms with van der Waals surface area (Å²) in [4.78, 5) is 14.5. The first kappa shape index (κ1) is 24.4. The van der Waals surface area contributed by atoms with E-state index in [-0.39, 0.29) is 42.6 Å². The molecule has 0 aromatic heterocycles. The molecule has 4 nitrogen and oxygen atoms in total. The van der Waals surface area contributed by atoms with E-state index in [0.717, 1.165) is 51.0 Å². The molecule has 0 saturated carbocycles. The van der Waals surface area contributed by atoms with Gasteiger partial charge in [-0.3, -0.25) is 9.69 Å². The Kier molecular flexibility index (Phi) is 10.9. The number of likely N-dealkylation sites (tertiary alicyclic amines) is 1. The molecule has 2 aliphatic heterocycles. The van der Waals surface area contributed by atoms with Crippen LogP contribution in [0.4, 0.5) is 4.39 Å². The summed E-state index contributed by atoms with van der Waals surface area (Å²) >= 11 is 6.13. The maximum atomic E-state index is 13.2. The molecule has 154 valence electrons. The molecule has 2 aliphatic rings. The molecule has 2 unspecified atom stereocenters. The van der Waals surface area contributed by atoms with Crippen LogP contribution in [0.3, 0.4) is 0 Å². The zero-order chi connectivity index (χ0) is 17.6. The maximum Gasteiger partial charge on any atom is 0.220 e. The first-order valence-corrected chi connectivity index (χ1v) is 9.64. The summed E-state index contributed by atoms with van der Waals surface area (Å²) in [5, 5.41) is 7.00. The van der Waals surface area contributed by atoms with E-state index in [1.165, 1.54) is 18.6 Å². The number of nitrogens with zero attached hydrogens (tertiary/aromatic N) is 1. The highest BCUT2D eigenvalue weighted by Gasteiger charge is 2.23. The number of benzene rings is 1. The molecule has 2 atom stereocenters. The zero-order valence-electron chi connectivity index (χ0n) is 15.4. The Bertz CT molecular complexity index is 600. The molecule has 1 aromatic rings. The Balaban J connectivity index is 0.00000182. The average Bonchev–Trinajstić information content (AvgIpc) is 3.09. The van der Waals surface area contributed by atoms with Crippen LogP contribution in [-0.2, 0) is 11.3 Å². The van der Waals surface area contributed by atoms with Crippen LogP contribution in [0.15, 0.2) is 18.2 Å². The molecule has 27 heavy (non-hydrogen) atoms. The first-order chi connectivity index (χ1) is 12.1. The second-order valence-electron chi connectivity index (χ2n) is 7.28. The number of amides is 1. The van der Waals surface area contributed by atoms with Gasteiger partial charge in [0.25, 0.3) is 0 Å². The molecule has 2 N–H and O–H groups in total. The van der Waals surface area contributed by atoms with Crippen molar-refractivity contribution >= 4 is 42.3 Å². The number of halogens is 4. The van der Waals surface area contributed by atoms with Gasteiger partial charge >= 0.3 is 0 Å². The van der Waals surface area contributed by atoms with Crippen LogP contribution in [0.5, 0.6) is 0 Å². The van der Waals surface area contributed by atoms with Gasteiger partial charge in [0, 0.05) is 30.6 Å². The zero-order valence-corrected chi connectivity index (χ0v) is 17.8. The summed E-state index contributed by atoms with van der Waals surface area (Å²) in [6.45, 7) is 4.62. The van der Waals surface area contributed by atoms with Crippen LogP contribution >= 0.6 is 36.4 Å². The number of hydrogen-bond acceptors (Lipinski definition) is 3. The van der Waals surface area contributed by atoms with Gasteiger partial charge in [0.1, 0.15) is 5.82 Å².